The van der Waals surface area contributed by atoms with E-state index in [9.17, 15) is 4.79 Å². The molecule has 3 nitrogen and oxygen atoms in total. The fraction of sp³-hybridized carbons (Fsp3) is 0. The van der Waals surface area contributed by atoms with E-state index >= 15 is 0 Å². The van der Waals surface area contributed by atoms with Crippen molar-refractivity contribution in [3.63, 3.8) is 0 Å². The van der Waals surface area contributed by atoms with Crippen LogP contribution in [0.15, 0.2) is 42.6 Å². The van der Waals surface area contributed by atoms with Crippen LogP contribution in [0.1, 0.15) is 21.6 Å². The molecule has 2 aromatic rings. The lowest BCUT2D eigenvalue weighted by Crippen LogP contribution is -2.13. The lowest BCUT2D eigenvalue weighted by atomic mass is 10.1. The molecule has 15 heavy (non-hydrogen) atoms. The zero-order chi connectivity index (χ0) is 10.7. The highest BCUT2D eigenvalue weighted by molar-refractivity contribution is 5.93. The highest BCUT2D eigenvalue weighted by atomic mass is 16.1. The standard InChI is InChI=1S/C12H11N2O/c13-12(15)11-10(6-7-14-11)8-9-4-2-1-3-5-9/h1-8,14H,(H2,13,15). The van der Waals surface area contributed by atoms with Crippen LogP contribution < -0.4 is 5.73 Å². The molecular formula is C12H11N2O. The van der Waals surface area contributed by atoms with Gasteiger partial charge in [-0.3, -0.25) is 4.79 Å². The maximum atomic E-state index is 11.0. The first-order valence-electron chi connectivity index (χ1n) is 4.64. The molecule has 0 unspecified atom stereocenters. The third kappa shape index (κ3) is 2.07. The van der Waals surface area contributed by atoms with E-state index in [2.05, 4.69) is 4.98 Å². The summed E-state index contributed by atoms with van der Waals surface area (Å²) >= 11 is 0. The van der Waals surface area contributed by atoms with Crippen molar-refractivity contribution < 1.29 is 4.79 Å². The largest absolute Gasteiger partial charge is 0.364 e. The van der Waals surface area contributed by atoms with Crippen LogP contribution in [-0.2, 0) is 0 Å². The number of primary amides is 1. The monoisotopic (exact) mass is 199 g/mol. The van der Waals surface area contributed by atoms with Crippen molar-refractivity contribution in [3.05, 3.63) is 65.8 Å². The van der Waals surface area contributed by atoms with Gasteiger partial charge in [0.05, 0.1) is 0 Å². The van der Waals surface area contributed by atoms with Gasteiger partial charge >= 0.3 is 0 Å². The Morgan fingerprint density at radius 3 is 2.60 bits per heavy atom. The molecule has 1 amide bonds. The molecule has 0 fully saturated rings. The molecule has 0 saturated carbocycles. The minimum absolute atomic E-state index is 0.442. The fourth-order valence-electron chi connectivity index (χ4n) is 1.44. The van der Waals surface area contributed by atoms with Crippen molar-refractivity contribution in [3.8, 4) is 0 Å². The smallest absolute Gasteiger partial charge is 0.265 e. The van der Waals surface area contributed by atoms with Crippen LogP contribution in [-0.4, -0.2) is 10.9 Å². The molecule has 0 saturated heterocycles. The van der Waals surface area contributed by atoms with Crippen LogP contribution in [0.5, 0.6) is 0 Å². The van der Waals surface area contributed by atoms with Crippen molar-refractivity contribution in [2.45, 2.75) is 0 Å². The highest BCUT2D eigenvalue weighted by Gasteiger charge is 2.09. The van der Waals surface area contributed by atoms with E-state index in [-0.39, 0.29) is 0 Å². The molecule has 1 aromatic carbocycles. The number of amides is 1. The molecule has 1 radical (unpaired) electrons. The predicted molar refractivity (Wildman–Crippen MR) is 58.3 cm³/mol. The minimum atomic E-state index is -0.442. The molecule has 0 spiro atoms. The summed E-state index contributed by atoms with van der Waals surface area (Å²) in [5, 5.41) is 0. The number of aromatic amines is 1. The molecule has 0 atom stereocenters. The zero-order valence-corrected chi connectivity index (χ0v) is 8.10. The number of hydrogen-bond donors (Lipinski definition) is 2. The molecule has 0 aliphatic carbocycles. The Balaban J connectivity index is 2.25. The Morgan fingerprint density at radius 1 is 1.20 bits per heavy atom. The number of carbonyl (C=O) groups excluding carboxylic acids is 1. The highest BCUT2D eigenvalue weighted by Crippen LogP contribution is 2.14. The van der Waals surface area contributed by atoms with Crippen molar-refractivity contribution in [1.29, 1.82) is 0 Å². The van der Waals surface area contributed by atoms with E-state index in [1.807, 2.05) is 42.8 Å². The van der Waals surface area contributed by atoms with Gasteiger partial charge in [0.1, 0.15) is 5.69 Å². The van der Waals surface area contributed by atoms with Crippen LogP contribution in [0.2, 0.25) is 0 Å². The fourth-order valence-corrected chi connectivity index (χ4v) is 1.44. The average Bonchev–Trinajstić information content (AvgIpc) is 2.67. The number of carbonyl (C=O) groups is 1. The Kier molecular flexibility index (Phi) is 2.54. The summed E-state index contributed by atoms with van der Waals surface area (Å²) in [5.74, 6) is -0.442. The zero-order valence-electron chi connectivity index (χ0n) is 8.10. The molecule has 3 N–H and O–H groups in total. The summed E-state index contributed by atoms with van der Waals surface area (Å²) in [4.78, 5) is 13.9. The second kappa shape index (κ2) is 4.00. The van der Waals surface area contributed by atoms with E-state index in [0.717, 1.165) is 11.1 Å². The Labute approximate surface area is 87.9 Å². The van der Waals surface area contributed by atoms with E-state index in [1.165, 1.54) is 0 Å². The lowest BCUT2D eigenvalue weighted by Gasteiger charge is -2.00. The first-order chi connectivity index (χ1) is 7.27. The number of H-pyrrole nitrogens is 1. The molecule has 75 valence electrons. The average molecular weight is 199 g/mol. The number of nitrogens with one attached hydrogen (secondary N) is 1. The van der Waals surface area contributed by atoms with Gasteiger partial charge in [0.2, 0.25) is 0 Å². The quantitative estimate of drug-likeness (QED) is 0.776. The summed E-state index contributed by atoms with van der Waals surface area (Å²) in [5.41, 5.74) is 7.52. The second-order valence-corrected chi connectivity index (χ2v) is 3.23. The van der Waals surface area contributed by atoms with Gasteiger partial charge in [-0.15, -0.1) is 0 Å². The minimum Gasteiger partial charge on any atom is -0.364 e. The summed E-state index contributed by atoms with van der Waals surface area (Å²) in [7, 11) is 0. The van der Waals surface area contributed by atoms with Crippen molar-refractivity contribution in [1.82, 2.24) is 4.98 Å². The molecule has 0 bridgehead atoms. The second-order valence-electron chi connectivity index (χ2n) is 3.23. The summed E-state index contributed by atoms with van der Waals surface area (Å²) < 4.78 is 0. The van der Waals surface area contributed by atoms with Gasteiger partial charge in [0.25, 0.3) is 5.91 Å². The normalized spacial score (nSPS) is 10.1. The third-order valence-electron chi connectivity index (χ3n) is 2.15. The van der Waals surface area contributed by atoms with Crippen LogP contribution >= 0.6 is 0 Å². The molecule has 2 rings (SSSR count). The molecule has 3 heteroatoms. The van der Waals surface area contributed by atoms with Crippen LogP contribution in [0.25, 0.3) is 0 Å². The third-order valence-corrected chi connectivity index (χ3v) is 2.15. The summed E-state index contributed by atoms with van der Waals surface area (Å²) in [6.07, 6.45) is 3.62. The van der Waals surface area contributed by atoms with Crippen molar-refractivity contribution in [2.24, 2.45) is 5.73 Å². The van der Waals surface area contributed by atoms with Gasteiger partial charge in [-0.1, -0.05) is 30.3 Å². The van der Waals surface area contributed by atoms with Gasteiger partial charge in [-0.2, -0.15) is 0 Å². The van der Waals surface area contributed by atoms with Crippen LogP contribution in [0, 0.1) is 6.42 Å². The number of nitrogens with two attached hydrogens (primary N) is 1. The maximum absolute atomic E-state index is 11.0. The number of aromatic nitrogens is 1. The van der Waals surface area contributed by atoms with E-state index in [4.69, 9.17) is 5.73 Å². The Hall–Kier alpha value is -2.03. The topological polar surface area (TPSA) is 58.9 Å². The molecular weight excluding hydrogens is 188 g/mol. The van der Waals surface area contributed by atoms with Crippen LogP contribution in [0.4, 0.5) is 0 Å². The van der Waals surface area contributed by atoms with Crippen molar-refractivity contribution in [2.75, 3.05) is 0 Å². The Bertz CT molecular complexity index is 459. The van der Waals surface area contributed by atoms with Gasteiger partial charge in [0.15, 0.2) is 0 Å². The lowest BCUT2D eigenvalue weighted by molar-refractivity contribution is 0.0996. The van der Waals surface area contributed by atoms with Gasteiger partial charge in [0, 0.05) is 12.6 Å². The van der Waals surface area contributed by atoms with Crippen LogP contribution in [0.3, 0.4) is 0 Å². The summed E-state index contributed by atoms with van der Waals surface area (Å²) in [6, 6.07) is 11.6. The first kappa shape index (κ1) is 9.52. The number of benzene rings is 1. The molecule has 0 aliphatic rings. The molecule has 0 aliphatic heterocycles. The van der Waals surface area contributed by atoms with Gasteiger partial charge in [-0.05, 0) is 17.2 Å². The van der Waals surface area contributed by atoms with E-state index in [0.29, 0.717) is 5.69 Å². The van der Waals surface area contributed by atoms with Crippen molar-refractivity contribution >= 4 is 5.91 Å². The summed E-state index contributed by atoms with van der Waals surface area (Å²) in [6.45, 7) is 0. The molecule has 1 heterocycles. The Morgan fingerprint density at radius 2 is 1.93 bits per heavy atom. The SMILES string of the molecule is NC(=O)c1[nH]ccc1[CH]c1ccccc1. The van der Waals surface area contributed by atoms with Gasteiger partial charge in [-0.25, -0.2) is 0 Å². The van der Waals surface area contributed by atoms with E-state index in [1.54, 1.807) is 6.20 Å². The predicted octanol–water partition coefficient (Wildman–Crippen LogP) is 1.71. The maximum Gasteiger partial charge on any atom is 0.265 e. The van der Waals surface area contributed by atoms with E-state index < -0.39 is 5.91 Å². The number of hydrogen-bond acceptors (Lipinski definition) is 1. The molecule has 1 aromatic heterocycles. The first-order valence-corrected chi connectivity index (χ1v) is 4.64. The van der Waals surface area contributed by atoms with Gasteiger partial charge < -0.3 is 10.7 Å². The number of rotatable bonds is 3.